The monoisotopic (exact) mass is 288 g/mol. The van der Waals surface area contributed by atoms with Gasteiger partial charge < -0.3 is 18.1 Å². The third-order valence-corrected chi connectivity index (χ3v) is 2.92. The highest BCUT2D eigenvalue weighted by Crippen LogP contribution is 2.06. The van der Waals surface area contributed by atoms with Gasteiger partial charge in [0, 0.05) is 23.4 Å². The summed E-state index contributed by atoms with van der Waals surface area (Å²) in [5, 5.41) is 0. The largest absolute Gasteiger partial charge is 1.00 e. The zero-order valence-electron chi connectivity index (χ0n) is 11.3. The first-order valence-corrected chi connectivity index (χ1v) is 6.27. The standard InChI is InChI=1S/C16H16N2O.ClH/c1-2-13-3-5-14(6-4-13)16(19)9-12-18-10-7-15(17)8-11-18;/h3-12,17H,2H2,1H3;1H. The molecular formula is C16H17ClN2O. The van der Waals surface area contributed by atoms with Gasteiger partial charge in [-0.15, -0.1) is 0 Å². The number of carbonyl (C=O) groups excluding carboxylic acids is 1. The van der Waals surface area contributed by atoms with Gasteiger partial charge in [-0.2, -0.15) is 4.57 Å². The van der Waals surface area contributed by atoms with Crippen molar-refractivity contribution < 1.29 is 21.8 Å². The number of benzene rings is 1. The molecule has 0 aliphatic heterocycles. The normalized spacial score (nSPS) is 10.2. The van der Waals surface area contributed by atoms with E-state index < -0.39 is 0 Å². The molecule has 0 fully saturated rings. The van der Waals surface area contributed by atoms with Crippen molar-refractivity contribution in [2.24, 2.45) is 0 Å². The predicted octanol–water partition coefficient (Wildman–Crippen LogP) is -0.524. The molecule has 1 aromatic carbocycles. The Labute approximate surface area is 125 Å². The zero-order chi connectivity index (χ0) is 13.7. The summed E-state index contributed by atoms with van der Waals surface area (Å²) in [4.78, 5) is 12.0. The Hall–Kier alpha value is -2.13. The molecule has 0 spiro atoms. The van der Waals surface area contributed by atoms with Crippen molar-refractivity contribution in [1.82, 2.24) is 0 Å². The summed E-state index contributed by atoms with van der Waals surface area (Å²) in [6, 6.07) is 11.3. The number of hydrogen-bond donors (Lipinski definition) is 1. The van der Waals surface area contributed by atoms with Crippen molar-refractivity contribution in [1.29, 1.82) is 0 Å². The van der Waals surface area contributed by atoms with Gasteiger partial charge in [-0.05, 0) is 12.0 Å². The van der Waals surface area contributed by atoms with Gasteiger partial charge in [-0.3, -0.25) is 4.79 Å². The minimum absolute atomic E-state index is 0. The second-order valence-corrected chi connectivity index (χ2v) is 4.31. The molecular weight excluding hydrogens is 272 g/mol. The van der Waals surface area contributed by atoms with Crippen LogP contribution in [0.4, 0.5) is 5.69 Å². The van der Waals surface area contributed by atoms with Gasteiger partial charge in [0.05, 0.1) is 6.08 Å². The first kappa shape index (κ1) is 15.9. The zero-order valence-corrected chi connectivity index (χ0v) is 12.0. The second kappa shape index (κ2) is 7.46. The third-order valence-electron chi connectivity index (χ3n) is 2.92. The second-order valence-electron chi connectivity index (χ2n) is 4.31. The lowest BCUT2D eigenvalue weighted by atomic mass is 10.1. The molecule has 3 nitrogen and oxygen atoms in total. The molecule has 0 amide bonds. The minimum Gasteiger partial charge on any atom is -1.00 e. The molecule has 2 N–H and O–H groups in total. The fraction of sp³-hybridized carbons (Fsp3) is 0.125. The van der Waals surface area contributed by atoms with E-state index in [1.54, 1.807) is 41.4 Å². The number of allylic oxidation sites excluding steroid dienone is 1. The number of halogens is 1. The van der Waals surface area contributed by atoms with Gasteiger partial charge in [-0.25, -0.2) is 0 Å². The lowest BCUT2D eigenvalue weighted by Crippen LogP contribution is -3.00. The van der Waals surface area contributed by atoms with Crippen LogP contribution in [0.1, 0.15) is 22.8 Å². The highest BCUT2D eigenvalue weighted by Gasteiger charge is 2.03. The maximum absolute atomic E-state index is 12.0. The minimum atomic E-state index is -0.00743. The van der Waals surface area contributed by atoms with E-state index in [2.05, 4.69) is 6.92 Å². The Morgan fingerprint density at radius 2 is 1.75 bits per heavy atom. The van der Waals surface area contributed by atoms with E-state index in [1.807, 2.05) is 24.3 Å². The van der Waals surface area contributed by atoms with E-state index >= 15 is 0 Å². The van der Waals surface area contributed by atoms with E-state index in [0.29, 0.717) is 11.3 Å². The molecule has 0 atom stereocenters. The number of nitrogens with two attached hydrogens (primary N) is 1. The number of hydrogen-bond acceptors (Lipinski definition) is 2. The van der Waals surface area contributed by atoms with E-state index in [9.17, 15) is 4.79 Å². The van der Waals surface area contributed by atoms with Crippen molar-refractivity contribution in [2.45, 2.75) is 13.3 Å². The molecule has 104 valence electrons. The number of rotatable bonds is 4. The number of aromatic nitrogens is 1. The molecule has 0 bridgehead atoms. The average molecular weight is 289 g/mol. The summed E-state index contributed by atoms with van der Waals surface area (Å²) in [7, 11) is 0. The molecule has 0 saturated carbocycles. The van der Waals surface area contributed by atoms with Crippen LogP contribution in [-0.2, 0) is 6.42 Å². The van der Waals surface area contributed by atoms with Crippen molar-refractivity contribution in [3.63, 3.8) is 0 Å². The summed E-state index contributed by atoms with van der Waals surface area (Å²) in [5.74, 6) is -0.00743. The van der Waals surface area contributed by atoms with Crippen LogP contribution in [0.15, 0.2) is 54.9 Å². The van der Waals surface area contributed by atoms with Gasteiger partial charge >= 0.3 is 0 Å². The number of pyridine rings is 1. The van der Waals surface area contributed by atoms with E-state index in [1.165, 1.54) is 5.56 Å². The Kier molecular flexibility index (Phi) is 5.94. The van der Waals surface area contributed by atoms with E-state index in [4.69, 9.17) is 5.73 Å². The molecule has 1 heterocycles. The van der Waals surface area contributed by atoms with Crippen LogP contribution >= 0.6 is 0 Å². The van der Waals surface area contributed by atoms with Crippen molar-refractivity contribution in [3.8, 4) is 0 Å². The fourth-order valence-electron chi connectivity index (χ4n) is 1.70. The number of aryl methyl sites for hydroxylation is 1. The molecule has 1 aromatic heterocycles. The number of nitrogens with zero attached hydrogens (tertiary/aromatic N) is 1. The maximum Gasteiger partial charge on any atom is 0.191 e. The van der Waals surface area contributed by atoms with Crippen LogP contribution in [0, 0.1) is 0 Å². The van der Waals surface area contributed by atoms with E-state index in [-0.39, 0.29) is 18.2 Å². The molecule has 0 radical (unpaired) electrons. The SMILES string of the molecule is CCc1ccc(C(=O)C=C[n+]2ccc(N)cc2)cc1.[Cl-]. The number of anilines is 1. The Morgan fingerprint density at radius 1 is 1.15 bits per heavy atom. The highest BCUT2D eigenvalue weighted by atomic mass is 35.5. The molecule has 0 aliphatic rings. The van der Waals surface area contributed by atoms with Gasteiger partial charge in [0.1, 0.15) is 0 Å². The van der Waals surface area contributed by atoms with Crippen molar-refractivity contribution in [3.05, 3.63) is 66.0 Å². The Bertz CT molecular complexity index is 589. The lowest BCUT2D eigenvalue weighted by molar-refractivity contribution is -0.568. The van der Waals surface area contributed by atoms with Gasteiger partial charge in [-0.1, -0.05) is 31.2 Å². The maximum atomic E-state index is 12.0. The van der Waals surface area contributed by atoms with Crippen LogP contribution in [0.3, 0.4) is 0 Å². The number of nitrogen functional groups attached to an aromatic ring is 1. The number of carbonyl (C=O) groups is 1. The van der Waals surface area contributed by atoms with Gasteiger partial charge in [0.25, 0.3) is 0 Å². The summed E-state index contributed by atoms with van der Waals surface area (Å²) in [6.45, 7) is 2.09. The Balaban J connectivity index is 0.00000200. The van der Waals surface area contributed by atoms with Gasteiger partial charge in [0.2, 0.25) is 0 Å². The van der Waals surface area contributed by atoms with Crippen LogP contribution in [0.5, 0.6) is 0 Å². The quantitative estimate of drug-likeness (QED) is 0.467. The summed E-state index contributed by atoms with van der Waals surface area (Å²) in [6.07, 6.45) is 7.86. The molecule has 0 saturated heterocycles. The predicted molar refractivity (Wildman–Crippen MR) is 76.5 cm³/mol. The highest BCUT2D eigenvalue weighted by molar-refractivity contribution is 6.05. The molecule has 20 heavy (non-hydrogen) atoms. The van der Waals surface area contributed by atoms with Crippen LogP contribution in [0.25, 0.3) is 6.20 Å². The van der Waals surface area contributed by atoms with Crippen molar-refractivity contribution >= 4 is 17.7 Å². The average Bonchev–Trinajstić information content (AvgIpc) is 2.46. The smallest absolute Gasteiger partial charge is 0.191 e. The third kappa shape index (κ3) is 4.21. The van der Waals surface area contributed by atoms with Crippen molar-refractivity contribution in [2.75, 3.05) is 5.73 Å². The molecule has 2 rings (SSSR count). The summed E-state index contributed by atoms with van der Waals surface area (Å²) in [5.41, 5.74) is 8.23. The van der Waals surface area contributed by atoms with Crippen LogP contribution in [-0.4, -0.2) is 5.78 Å². The molecule has 0 unspecified atom stereocenters. The van der Waals surface area contributed by atoms with E-state index in [0.717, 1.165) is 6.42 Å². The Morgan fingerprint density at radius 3 is 2.30 bits per heavy atom. The molecule has 4 heteroatoms. The van der Waals surface area contributed by atoms with Gasteiger partial charge in [0.15, 0.2) is 24.4 Å². The molecule has 2 aromatic rings. The van der Waals surface area contributed by atoms with Crippen LogP contribution < -0.4 is 22.7 Å². The topological polar surface area (TPSA) is 47.0 Å². The first-order valence-electron chi connectivity index (χ1n) is 6.27. The lowest BCUT2D eigenvalue weighted by Gasteiger charge is -1.98. The fourth-order valence-corrected chi connectivity index (χ4v) is 1.70. The molecule has 0 aliphatic carbocycles. The number of ketones is 1. The first-order chi connectivity index (χ1) is 9.19. The summed E-state index contributed by atoms with van der Waals surface area (Å²) < 4.78 is 1.79. The van der Waals surface area contributed by atoms with Crippen LogP contribution in [0.2, 0.25) is 0 Å². The summed E-state index contributed by atoms with van der Waals surface area (Å²) >= 11 is 0.